The van der Waals surface area contributed by atoms with Gasteiger partial charge in [-0.25, -0.2) is 19.7 Å². The molecule has 1 unspecified atom stereocenters. The van der Waals surface area contributed by atoms with Crippen LogP contribution in [-0.2, 0) is 30.3 Å². The fourth-order valence-electron chi connectivity index (χ4n) is 5.28. The lowest BCUT2D eigenvalue weighted by atomic mass is 10.1. The second-order valence-electron chi connectivity index (χ2n) is 11.2. The zero-order valence-corrected chi connectivity index (χ0v) is 25.1. The predicted octanol–water partition coefficient (Wildman–Crippen LogP) is 4.22. The number of aromatic nitrogens is 4. The van der Waals surface area contributed by atoms with E-state index in [-0.39, 0.29) is 18.9 Å². The monoisotopic (exact) mass is 614 g/mol. The van der Waals surface area contributed by atoms with Crippen LogP contribution in [-0.4, -0.2) is 68.6 Å². The molecule has 0 saturated carbocycles. The van der Waals surface area contributed by atoms with Crippen molar-refractivity contribution in [2.75, 3.05) is 18.5 Å². The molecule has 234 valence electrons. The summed E-state index contributed by atoms with van der Waals surface area (Å²) in [5, 5.41) is 5.75. The van der Waals surface area contributed by atoms with Gasteiger partial charge in [0.25, 0.3) is 0 Å². The van der Waals surface area contributed by atoms with Crippen molar-refractivity contribution in [2.24, 2.45) is 0 Å². The van der Waals surface area contributed by atoms with Crippen molar-refractivity contribution in [2.45, 2.75) is 57.6 Å². The molecule has 2 aliphatic heterocycles. The number of nitrogens with zero attached hydrogens (tertiary/aromatic N) is 4. The molecule has 13 nitrogen and oxygen atoms in total. The summed E-state index contributed by atoms with van der Waals surface area (Å²) < 4.78 is 31.6. The topological polar surface area (TPSA) is 148 Å². The van der Waals surface area contributed by atoms with Gasteiger partial charge in [0.2, 0.25) is 0 Å². The van der Waals surface area contributed by atoms with Crippen LogP contribution < -0.4 is 15.4 Å². The Labute approximate surface area is 259 Å². The summed E-state index contributed by atoms with van der Waals surface area (Å²) in [5.41, 5.74) is 3.02. The van der Waals surface area contributed by atoms with Crippen molar-refractivity contribution in [1.82, 2.24) is 24.8 Å². The van der Waals surface area contributed by atoms with Crippen molar-refractivity contribution < 1.29 is 33.3 Å². The van der Waals surface area contributed by atoms with Crippen molar-refractivity contribution in [3.8, 4) is 5.75 Å². The zero-order chi connectivity index (χ0) is 31.6. The highest BCUT2D eigenvalue weighted by atomic mass is 16.8. The largest absolute Gasteiger partial charge is 0.457 e. The van der Waals surface area contributed by atoms with E-state index in [0.29, 0.717) is 35.0 Å². The van der Waals surface area contributed by atoms with Gasteiger partial charge in [0.05, 0.1) is 12.9 Å². The van der Waals surface area contributed by atoms with Gasteiger partial charge in [0.1, 0.15) is 48.5 Å². The van der Waals surface area contributed by atoms with E-state index in [1.807, 2.05) is 68.4 Å². The van der Waals surface area contributed by atoms with Crippen molar-refractivity contribution in [3.05, 3.63) is 85.0 Å². The van der Waals surface area contributed by atoms with Crippen LogP contribution >= 0.6 is 0 Å². The van der Waals surface area contributed by atoms with Crippen LogP contribution in [0.2, 0.25) is 0 Å². The Balaban J connectivity index is 1.13. The van der Waals surface area contributed by atoms with Crippen molar-refractivity contribution >= 4 is 34.6 Å². The summed E-state index contributed by atoms with van der Waals surface area (Å²) in [6.45, 7) is 9.29. The molecule has 4 aromatic rings. The summed E-state index contributed by atoms with van der Waals surface area (Å²) in [6, 6.07) is 17.4. The van der Waals surface area contributed by atoms with Gasteiger partial charge < -0.3 is 34.3 Å². The third kappa shape index (κ3) is 6.80. The van der Waals surface area contributed by atoms with Crippen LogP contribution in [0.4, 0.5) is 10.6 Å². The number of fused-ring (bicyclic) bond motifs is 2. The number of rotatable bonds is 11. The Bertz CT molecular complexity index is 1690. The fourth-order valence-corrected chi connectivity index (χ4v) is 5.28. The van der Waals surface area contributed by atoms with Gasteiger partial charge >= 0.3 is 6.09 Å². The number of carbonyl (C=O) groups excluding carboxylic acids is 2. The van der Waals surface area contributed by atoms with E-state index < -0.39 is 36.4 Å². The van der Waals surface area contributed by atoms with E-state index in [1.54, 1.807) is 10.9 Å². The molecule has 2 N–H and O–H groups in total. The van der Waals surface area contributed by atoms with Gasteiger partial charge in [-0.2, -0.15) is 0 Å². The highest BCUT2D eigenvalue weighted by Crippen LogP contribution is 2.44. The molecule has 2 aromatic carbocycles. The molecule has 0 bridgehead atoms. The second-order valence-corrected chi connectivity index (χ2v) is 11.2. The minimum atomic E-state index is -0.875. The van der Waals surface area contributed by atoms with Gasteiger partial charge in [-0.05, 0) is 38.5 Å². The summed E-state index contributed by atoms with van der Waals surface area (Å²) >= 11 is 0. The number of alkyl carbamates (subject to hydrolysis) is 1. The average molecular weight is 615 g/mol. The average Bonchev–Trinajstić information content (AvgIpc) is 3.69. The number of anilines is 1. The van der Waals surface area contributed by atoms with Gasteiger partial charge in [-0.15, -0.1) is 0 Å². The first-order chi connectivity index (χ1) is 21.7. The Kier molecular flexibility index (Phi) is 8.48. The minimum absolute atomic E-state index is 0.0978. The highest BCUT2D eigenvalue weighted by Gasteiger charge is 2.56. The molecular formula is C32H34N6O7. The predicted molar refractivity (Wildman–Crippen MR) is 163 cm³/mol. The first-order valence-corrected chi connectivity index (χ1v) is 14.5. The normalized spacial score (nSPS) is 21.7. The lowest BCUT2D eigenvalue weighted by molar-refractivity contribution is -0.199. The molecular weight excluding hydrogens is 580 g/mol. The minimum Gasteiger partial charge on any atom is -0.457 e. The highest BCUT2D eigenvalue weighted by molar-refractivity contribution is 5.83. The van der Waals surface area contributed by atoms with Gasteiger partial charge in [0, 0.05) is 12.1 Å². The molecule has 0 radical (unpaired) electrons. The molecule has 2 fully saturated rings. The van der Waals surface area contributed by atoms with Gasteiger partial charge in [-0.1, -0.05) is 49.0 Å². The molecule has 4 atom stereocenters. The Hall–Kier alpha value is -4.85. The van der Waals surface area contributed by atoms with Crippen molar-refractivity contribution in [3.63, 3.8) is 0 Å². The van der Waals surface area contributed by atoms with Gasteiger partial charge in [-0.3, -0.25) is 9.36 Å². The summed E-state index contributed by atoms with van der Waals surface area (Å²) in [7, 11) is 0. The van der Waals surface area contributed by atoms with E-state index in [9.17, 15) is 9.59 Å². The molecule has 45 heavy (non-hydrogen) atoms. The maximum Gasteiger partial charge on any atom is 0.407 e. The lowest BCUT2D eigenvalue weighted by Gasteiger charge is -2.24. The zero-order valence-electron chi connectivity index (χ0n) is 25.1. The molecule has 0 aliphatic carbocycles. The first kappa shape index (κ1) is 30.2. The fraction of sp³-hybridized carbons (Fsp3) is 0.344. The van der Waals surface area contributed by atoms with Crippen LogP contribution in [0.1, 0.15) is 38.1 Å². The number of amides is 1. The van der Waals surface area contributed by atoms with Crippen LogP contribution in [0.15, 0.2) is 73.8 Å². The maximum atomic E-state index is 12.1. The Morgan fingerprint density at radius 1 is 1.02 bits per heavy atom. The molecule has 2 saturated heterocycles. The van der Waals surface area contributed by atoms with Gasteiger partial charge in [0.15, 0.2) is 29.0 Å². The third-order valence-corrected chi connectivity index (χ3v) is 7.34. The van der Waals surface area contributed by atoms with E-state index in [0.717, 1.165) is 11.1 Å². The third-order valence-electron chi connectivity index (χ3n) is 7.34. The smallest absolute Gasteiger partial charge is 0.407 e. The quantitative estimate of drug-likeness (QED) is 0.234. The number of ketones is 1. The number of Topliss-reactive ketones (excluding diaryl/α,β-unsaturated/α-hetero) is 1. The number of hydrogen-bond acceptors (Lipinski definition) is 11. The Morgan fingerprint density at radius 2 is 1.78 bits per heavy atom. The van der Waals surface area contributed by atoms with Crippen LogP contribution in [0.5, 0.6) is 5.75 Å². The van der Waals surface area contributed by atoms with Crippen LogP contribution in [0.3, 0.4) is 0 Å². The number of ether oxygens (including phenoxy) is 5. The molecule has 2 aliphatic rings. The summed E-state index contributed by atoms with van der Waals surface area (Å²) in [4.78, 5) is 36.7. The van der Waals surface area contributed by atoms with E-state index >= 15 is 0 Å². The molecule has 1 amide bonds. The van der Waals surface area contributed by atoms with Crippen molar-refractivity contribution in [1.29, 1.82) is 0 Å². The van der Waals surface area contributed by atoms with Crippen LogP contribution in [0.25, 0.3) is 16.9 Å². The SMILES string of the molecule is C=C(Oc1ccc(CNc2ncnc3c2ncn3[C@@H]2O[C@H](COC(=O)NCC(C)=O)[C@@H]3OC(C)(C)OC32)cc1)c1ccccc1. The molecule has 4 heterocycles. The first-order valence-electron chi connectivity index (χ1n) is 14.5. The summed E-state index contributed by atoms with van der Waals surface area (Å²) in [6.07, 6.45) is 0.0430. The number of hydrogen-bond donors (Lipinski definition) is 2. The Morgan fingerprint density at radius 3 is 2.53 bits per heavy atom. The second kappa shape index (κ2) is 12.6. The molecule has 13 heteroatoms. The molecule has 6 rings (SSSR count). The summed E-state index contributed by atoms with van der Waals surface area (Å²) in [5.74, 6) is 0.754. The van der Waals surface area contributed by atoms with E-state index in [4.69, 9.17) is 23.7 Å². The maximum absolute atomic E-state index is 12.1. The number of benzene rings is 2. The standard InChI is InChI=1S/C32H34N6O7/c1-19(39)14-34-31(40)41-16-24-26-27(45-32(3,4)44-26)30(43-24)38-18-37-25-28(35-17-36-29(25)38)33-15-21-10-12-23(13-11-21)42-20(2)22-8-6-5-7-9-22/h5-13,17-18,24,26-27,30H,2,14-16H2,1,3-4H3,(H,34,40)(H,33,35,36)/t24-,26+,27?,30-/m1/s1. The van der Waals surface area contributed by atoms with Crippen LogP contribution in [0, 0.1) is 0 Å². The molecule has 0 spiro atoms. The lowest BCUT2D eigenvalue weighted by Crippen LogP contribution is -2.36. The number of imidazole rings is 1. The van der Waals surface area contributed by atoms with E-state index in [1.165, 1.54) is 13.3 Å². The number of carbonyl (C=O) groups is 2. The molecule has 2 aromatic heterocycles. The van der Waals surface area contributed by atoms with E-state index in [2.05, 4.69) is 32.2 Å². The number of nitrogens with one attached hydrogen (secondary N) is 2.